The molecule has 3 aromatic carbocycles. The molecule has 0 fully saturated rings. The van der Waals surface area contributed by atoms with Crippen LogP contribution in [-0.4, -0.2) is 28.0 Å². The number of ether oxygens (including phenoxy) is 2. The fourth-order valence-electron chi connectivity index (χ4n) is 3.12. The van der Waals surface area contributed by atoms with E-state index in [1.54, 1.807) is 37.3 Å². The molecule has 0 aliphatic heterocycles. The zero-order chi connectivity index (χ0) is 24.0. The molecule has 0 atom stereocenters. The van der Waals surface area contributed by atoms with E-state index >= 15 is 0 Å². The molecule has 3 rings (SSSR count). The first-order chi connectivity index (χ1) is 15.7. The molecule has 0 saturated heterocycles. The molecule has 0 spiro atoms. The summed E-state index contributed by atoms with van der Waals surface area (Å²) in [5, 5.41) is 0. The van der Waals surface area contributed by atoms with Crippen molar-refractivity contribution in [1.82, 2.24) is 4.72 Å². The third-order valence-corrected chi connectivity index (χ3v) is 6.34. The highest BCUT2D eigenvalue weighted by molar-refractivity contribution is 7.89. The average molecular weight is 476 g/mol. The van der Waals surface area contributed by atoms with Crippen molar-refractivity contribution in [2.75, 3.05) is 13.7 Å². The fourth-order valence-corrected chi connectivity index (χ4v) is 4.18. The van der Waals surface area contributed by atoms with Gasteiger partial charge in [0, 0.05) is 12.6 Å². The van der Waals surface area contributed by atoms with Crippen LogP contribution in [0.5, 0.6) is 5.75 Å². The molecule has 6 nitrogen and oxygen atoms in total. The van der Waals surface area contributed by atoms with Crippen molar-refractivity contribution >= 4 is 16.0 Å². The largest absolute Gasteiger partial charge is 0.489 e. The number of carbonyl (C=O) groups excluding carboxylic acids is 1. The van der Waals surface area contributed by atoms with Gasteiger partial charge < -0.3 is 9.47 Å². The van der Waals surface area contributed by atoms with Crippen LogP contribution in [0.4, 0.5) is 8.78 Å². The van der Waals surface area contributed by atoms with E-state index in [9.17, 15) is 22.0 Å². The normalized spacial score (nSPS) is 11.3. The Labute approximate surface area is 191 Å². The van der Waals surface area contributed by atoms with Crippen LogP contribution in [0, 0.1) is 18.6 Å². The average Bonchev–Trinajstić information content (AvgIpc) is 2.77. The van der Waals surface area contributed by atoms with E-state index in [4.69, 9.17) is 4.74 Å². The van der Waals surface area contributed by atoms with Gasteiger partial charge in [-0.15, -0.1) is 0 Å². The quantitative estimate of drug-likeness (QED) is 0.470. The predicted molar refractivity (Wildman–Crippen MR) is 119 cm³/mol. The molecule has 1 N–H and O–H groups in total. The van der Waals surface area contributed by atoms with Gasteiger partial charge in [0.05, 0.1) is 17.6 Å². The Balaban J connectivity index is 1.55. The van der Waals surface area contributed by atoms with Gasteiger partial charge in [0.25, 0.3) is 0 Å². The standard InChI is InChI=1S/C24H23F2NO5S/c1-16-3-8-22(14-23(16)24(28)31-2)33(29,30)27-10-9-17-4-6-21(7-5-17)32-15-18-11-19(25)13-20(26)12-18/h3-8,11-14,27H,9-10,15H2,1-2H3. The molecule has 0 radical (unpaired) electrons. The van der Waals surface area contributed by atoms with Crippen molar-refractivity contribution in [3.8, 4) is 5.75 Å². The van der Waals surface area contributed by atoms with Crippen molar-refractivity contribution in [1.29, 1.82) is 0 Å². The topological polar surface area (TPSA) is 81.7 Å². The molecule has 0 aliphatic rings. The molecular weight excluding hydrogens is 452 g/mol. The molecule has 0 saturated carbocycles. The molecule has 0 aliphatic carbocycles. The number of methoxy groups -OCH3 is 1. The van der Waals surface area contributed by atoms with E-state index in [2.05, 4.69) is 9.46 Å². The van der Waals surface area contributed by atoms with Crippen LogP contribution < -0.4 is 9.46 Å². The van der Waals surface area contributed by atoms with Crippen molar-refractivity contribution in [3.63, 3.8) is 0 Å². The van der Waals surface area contributed by atoms with Crippen molar-refractivity contribution in [2.24, 2.45) is 0 Å². The van der Waals surface area contributed by atoms with E-state index < -0.39 is 27.6 Å². The first-order valence-corrected chi connectivity index (χ1v) is 11.5. The lowest BCUT2D eigenvalue weighted by Gasteiger charge is -2.10. The van der Waals surface area contributed by atoms with E-state index in [1.807, 2.05) is 0 Å². The number of hydrogen-bond donors (Lipinski definition) is 1. The maximum Gasteiger partial charge on any atom is 0.338 e. The maximum absolute atomic E-state index is 13.2. The lowest BCUT2D eigenvalue weighted by molar-refractivity contribution is 0.0599. The highest BCUT2D eigenvalue weighted by Gasteiger charge is 2.18. The number of esters is 1. The Bertz CT molecular complexity index is 1220. The Morgan fingerprint density at radius 1 is 0.939 bits per heavy atom. The van der Waals surface area contributed by atoms with E-state index in [-0.39, 0.29) is 23.6 Å². The van der Waals surface area contributed by atoms with Gasteiger partial charge in [0.1, 0.15) is 24.0 Å². The Hall–Kier alpha value is -3.30. The van der Waals surface area contributed by atoms with Crippen molar-refractivity contribution in [2.45, 2.75) is 24.8 Å². The first kappa shape index (κ1) is 24.3. The van der Waals surface area contributed by atoms with E-state index in [0.29, 0.717) is 23.3 Å². The predicted octanol–water partition coefficient (Wildman–Crippen LogP) is 4.16. The van der Waals surface area contributed by atoms with Gasteiger partial charge in [-0.25, -0.2) is 26.7 Å². The van der Waals surface area contributed by atoms with Gasteiger partial charge in [-0.3, -0.25) is 0 Å². The monoisotopic (exact) mass is 475 g/mol. The third kappa shape index (κ3) is 6.59. The minimum Gasteiger partial charge on any atom is -0.489 e. The summed E-state index contributed by atoms with van der Waals surface area (Å²) in [5.41, 5.74) is 2.04. The number of rotatable bonds is 9. The zero-order valence-corrected chi connectivity index (χ0v) is 18.9. The van der Waals surface area contributed by atoms with E-state index in [0.717, 1.165) is 11.6 Å². The summed E-state index contributed by atoms with van der Waals surface area (Å²) in [6.07, 6.45) is 0.421. The Morgan fingerprint density at radius 2 is 1.61 bits per heavy atom. The van der Waals surface area contributed by atoms with Crippen LogP contribution in [0.1, 0.15) is 27.0 Å². The molecule has 0 amide bonds. The summed E-state index contributed by atoms with van der Waals surface area (Å²) in [6.45, 7) is 1.85. The third-order valence-electron chi connectivity index (χ3n) is 4.88. The smallest absolute Gasteiger partial charge is 0.338 e. The SMILES string of the molecule is COC(=O)c1cc(S(=O)(=O)NCCc2ccc(OCc3cc(F)cc(F)c3)cc2)ccc1C. The summed E-state index contributed by atoms with van der Waals surface area (Å²) >= 11 is 0. The second-order valence-electron chi connectivity index (χ2n) is 7.33. The summed E-state index contributed by atoms with van der Waals surface area (Å²) in [4.78, 5) is 11.8. The van der Waals surface area contributed by atoms with Crippen LogP contribution in [0.15, 0.2) is 65.6 Å². The molecule has 0 unspecified atom stereocenters. The minimum atomic E-state index is -3.81. The molecular formula is C24H23F2NO5S. The molecule has 0 aromatic heterocycles. The van der Waals surface area contributed by atoms with Gasteiger partial charge in [-0.05, 0) is 66.4 Å². The minimum absolute atomic E-state index is 0.0118. The van der Waals surface area contributed by atoms with Gasteiger partial charge in [-0.1, -0.05) is 18.2 Å². The Morgan fingerprint density at radius 3 is 2.24 bits per heavy atom. The van der Waals surface area contributed by atoms with Gasteiger partial charge in [-0.2, -0.15) is 0 Å². The van der Waals surface area contributed by atoms with Crippen molar-refractivity contribution < 1.29 is 31.5 Å². The number of halogens is 2. The van der Waals surface area contributed by atoms with Crippen LogP contribution in [0.3, 0.4) is 0 Å². The number of carbonyl (C=O) groups is 1. The highest BCUT2D eigenvalue weighted by Crippen LogP contribution is 2.18. The Kier molecular flexibility index (Phi) is 7.78. The molecule has 0 heterocycles. The van der Waals surface area contributed by atoms with Crippen LogP contribution in [-0.2, 0) is 27.8 Å². The molecule has 9 heteroatoms. The van der Waals surface area contributed by atoms with Gasteiger partial charge >= 0.3 is 5.97 Å². The molecule has 33 heavy (non-hydrogen) atoms. The highest BCUT2D eigenvalue weighted by atomic mass is 32.2. The second kappa shape index (κ2) is 10.5. The number of aryl methyl sites for hydroxylation is 1. The summed E-state index contributed by atoms with van der Waals surface area (Å²) in [5.74, 6) is -1.43. The first-order valence-electron chi connectivity index (χ1n) is 10.0. The number of sulfonamides is 1. The lowest BCUT2D eigenvalue weighted by atomic mass is 10.1. The van der Waals surface area contributed by atoms with Gasteiger partial charge in [0.15, 0.2) is 0 Å². The number of benzene rings is 3. The molecule has 0 bridgehead atoms. The van der Waals surface area contributed by atoms with Crippen LogP contribution in [0.2, 0.25) is 0 Å². The molecule has 3 aromatic rings. The van der Waals surface area contributed by atoms with Crippen LogP contribution in [0.25, 0.3) is 0 Å². The summed E-state index contributed by atoms with van der Waals surface area (Å²) in [6, 6.07) is 14.4. The zero-order valence-electron chi connectivity index (χ0n) is 18.1. The number of hydrogen-bond acceptors (Lipinski definition) is 5. The number of nitrogens with one attached hydrogen (secondary N) is 1. The van der Waals surface area contributed by atoms with E-state index in [1.165, 1.54) is 31.4 Å². The van der Waals surface area contributed by atoms with Crippen LogP contribution >= 0.6 is 0 Å². The second-order valence-corrected chi connectivity index (χ2v) is 9.09. The lowest BCUT2D eigenvalue weighted by Crippen LogP contribution is -2.26. The van der Waals surface area contributed by atoms with Gasteiger partial charge in [0.2, 0.25) is 10.0 Å². The fraction of sp³-hybridized carbons (Fsp3) is 0.208. The summed E-state index contributed by atoms with van der Waals surface area (Å²) in [7, 11) is -2.57. The molecule has 174 valence electrons. The summed E-state index contributed by atoms with van der Waals surface area (Å²) < 4.78 is 64.4. The maximum atomic E-state index is 13.2. The van der Waals surface area contributed by atoms with Crippen molar-refractivity contribution in [3.05, 3.63) is 94.6 Å².